The Morgan fingerprint density at radius 3 is 2.94 bits per heavy atom. The molecule has 3 aromatic rings. The van der Waals surface area contributed by atoms with E-state index in [0.29, 0.717) is 29.5 Å². The topological polar surface area (TPSA) is 115 Å². The van der Waals surface area contributed by atoms with Gasteiger partial charge < -0.3 is 20.5 Å². The van der Waals surface area contributed by atoms with Crippen LogP contribution >= 0.6 is 0 Å². The van der Waals surface area contributed by atoms with E-state index in [2.05, 4.69) is 35.8 Å². The van der Waals surface area contributed by atoms with E-state index in [9.17, 15) is 9.59 Å². The van der Waals surface area contributed by atoms with Crippen LogP contribution in [0.15, 0.2) is 71.8 Å². The summed E-state index contributed by atoms with van der Waals surface area (Å²) in [6, 6.07) is 11.7. The third-order valence-electron chi connectivity index (χ3n) is 5.82. The third kappa shape index (κ3) is 4.68. The minimum Gasteiger partial charge on any atom is -0.381 e. The normalized spacial score (nSPS) is 18.8. The van der Waals surface area contributed by atoms with Crippen molar-refractivity contribution in [1.82, 2.24) is 25.5 Å². The van der Waals surface area contributed by atoms with Crippen molar-refractivity contribution in [3.8, 4) is 0 Å². The molecule has 2 amide bonds. The summed E-state index contributed by atoms with van der Waals surface area (Å²) in [5.41, 5.74) is 3.41. The van der Waals surface area contributed by atoms with E-state index < -0.39 is 0 Å². The molecule has 0 aliphatic carbocycles. The van der Waals surface area contributed by atoms with Gasteiger partial charge in [-0.2, -0.15) is 0 Å². The van der Waals surface area contributed by atoms with Gasteiger partial charge in [-0.3, -0.25) is 14.9 Å². The van der Waals surface area contributed by atoms with Crippen LogP contribution in [0.2, 0.25) is 0 Å². The summed E-state index contributed by atoms with van der Waals surface area (Å²) >= 11 is 0. The van der Waals surface area contributed by atoms with Gasteiger partial charge in [0.25, 0.3) is 5.91 Å². The van der Waals surface area contributed by atoms with Crippen LogP contribution in [0.4, 0.5) is 5.69 Å². The lowest BCUT2D eigenvalue weighted by atomic mass is 10.0. The van der Waals surface area contributed by atoms with Crippen LogP contribution < -0.4 is 16.0 Å². The first-order valence-corrected chi connectivity index (χ1v) is 11.1. The number of benzene rings is 1. The first kappa shape index (κ1) is 21.4. The molecule has 9 nitrogen and oxygen atoms in total. The van der Waals surface area contributed by atoms with Crippen molar-refractivity contribution >= 4 is 40.6 Å². The Morgan fingerprint density at radius 2 is 2.15 bits per heavy atom. The van der Waals surface area contributed by atoms with Gasteiger partial charge in [-0.1, -0.05) is 36.4 Å². The number of rotatable bonds is 5. The molecule has 0 spiro atoms. The summed E-state index contributed by atoms with van der Waals surface area (Å²) in [4.78, 5) is 39.1. The monoisotopic (exact) mass is 455 g/mol. The number of anilines is 1. The number of hydrogen-bond acceptors (Lipinski definition) is 6. The molecule has 2 aromatic heterocycles. The van der Waals surface area contributed by atoms with E-state index >= 15 is 0 Å². The average molecular weight is 456 g/mol. The second-order valence-electron chi connectivity index (χ2n) is 8.35. The second-order valence-corrected chi connectivity index (χ2v) is 8.35. The van der Waals surface area contributed by atoms with E-state index in [4.69, 9.17) is 0 Å². The SMILES string of the molecule is CN1C=CC(C(=O)Nc2cnc3[nH]cc(C=C4N=C(NCc5ccccc5)NC4=O)c3c2)CC1. The van der Waals surface area contributed by atoms with E-state index in [1.807, 2.05) is 55.7 Å². The molecular weight excluding hydrogens is 430 g/mol. The smallest absolute Gasteiger partial charge is 0.276 e. The lowest BCUT2D eigenvalue weighted by Crippen LogP contribution is -2.35. The fourth-order valence-corrected chi connectivity index (χ4v) is 3.91. The van der Waals surface area contributed by atoms with Crippen molar-refractivity contribution in [2.45, 2.75) is 13.0 Å². The molecule has 34 heavy (non-hydrogen) atoms. The zero-order chi connectivity index (χ0) is 23.5. The fourth-order valence-electron chi connectivity index (χ4n) is 3.91. The number of carbonyl (C=O) groups excluding carboxylic acids is 2. The standard InChI is InChI=1S/C25H25N7O2/c1-32-9-7-17(8-10-32)23(33)29-19-12-20-18(14-26-22(20)27-15-19)11-21-24(34)31-25(30-21)28-13-16-5-3-2-4-6-16/h2-7,9,11-12,14-15,17H,8,10,13H2,1H3,(H,26,27)(H,29,33)(H2,28,30,31,34). The molecule has 172 valence electrons. The van der Waals surface area contributed by atoms with Crippen molar-refractivity contribution < 1.29 is 9.59 Å². The first-order chi connectivity index (χ1) is 16.5. The zero-order valence-corrected chi connectivity index (χ0v) is 18.7. The molecule has 0 bridgehead atoms. The minimum atomic E-state index is -0.281. The molecule has 2 aliphatic rings. The van der Waals surface area contributed by atoms with E-state index in [0.717, 1.165) is 29.5 Å². The molecule has 9 heteroatoms. The fraction of sp³-hybridized carbons (Fsp3) is 0.200. The molecule has 0 saturated carbocycles. The Kier molecular flexibility index (Phi) is 5.82. The first-order valence-electron chi connectivity index (χ1n) is 11.1. The minimum absolute atomic E-state index is 0.0603. The molecule has 1 aromatic carbocycles. The number of nitrogens with zero attached hydrogens (tertiary/aromatic N) is 3. The highest BCUT2D eigenvalue weighted by molar-refractivity contribution is 6.14. The zero-order valence-electron chi connectivity index (χ0n) is 18.7. The molecular formula is C25H25N7O2. The molecule has 5 rings (SSSR count). The van der Waals surface area contributed by atoms with Gasteiger partial charge in [0.1, 0.15) is 11.3 Å². The Balaban J connectivity index is 1.32. The summed E-state index contributed by atoms with van der Waals surface area (Å²) in [7, 11) is 1.99. The van der Waals surface area contributed by atoms with Gasteiger partial charge in [0.05, 0.1) is 17.8 Å². The predicted octanol–water partition coefficient (Wildman–Crippen LogP) is 2.58. The Bertz CT molecular complexity index is 1320. The lowest BCUT2D eigenvalue weighted by molar-refractivity contribution is -0.119. The number of carbonyl (C=O) groups is 2. The molecule has 4 heterocycles. The third-order valence-corrected chi connectivity index (χ3v) is 5.82. The van der Waals surface area contributed by atoms with Gasteiger partial charge in [0.15, 0.2) is 0 Å². The van der Waals surface area contributed by atoms with E-state index in [-0.39, 0.29) is 17.7 Å². The van der Waals surface area contributed by atoms with E-state index in [1.165, 1.54) is 0 Å². The van der Waals surface area contributed by atoms with Crippen LogP contribution in [-0.4, -0.2) is 46.2 Å². The maximum Gasteiger partial charge on any atom is 0.276 e. The van der Waals surface area contributed by atoms with Crippen LogP contribution in [0.5, 0.6) is 0 Å². The highest BCUT2D eigenvalue weighted by Crippen LogP contribution is 2.24. The second kappa shape index (κ2) is 9.22. The molecule has 0 fully saturated rings. The summed E-state index contributed by atoms with van der Waals surface area (Å²) < 4.78 is 0. The quantitative estimate of drug-likeness (QED) is 0.442. The van der Waals surface area contributed by atoms with Crippen LogP contribution in [0, 0.1) is 5.92 Å². The molecule has 1 unspecified atom stereocenters. The Labute approximate surface area is 196 Å². The van der Waals surface area contributed by atoms with Gasteiger partial charge in [0, 0.05) is 37.3 Å². The van der Waals surface area contributed by atoms with Gasteiger partial charge >= 0.3 is 0 Å². The van der Waals surface area contributed by atoms with Gasteiger partial charge in [-0.15, -0.1) is 0 Å². The Hall–Kier alpha value is -4.40. The molecule has 0 saturated heterocycles. The van der Waals surface area contributed by atoms with Crippen molar-refractivity contribution in [2.75, 3.05) is 18.9 Å². The number of H-pyrrole nitrogens is 1. The molecule has 0 radical (unpaired) electrons. The Morgan fingerprint density at radius 1 is 1.29 bits per heavy atom. The molecule has 1 atom stereocenters. The highest BCUT2D eigenvalue weighted by atomic mass is 16.2. The van der Waals surface area contributed by atoms with Crippen LogP contribution in [-0.2, 0) is 16.1 Å². The number of aromatic nitrogens is 2. The summed E-state index contributed by atoms with van der Waals surface area (Å²) in [5.74, 6) is -0.0959. The number of nitrogens with one attached hydrogen (secondary N) is 4. The van der Waals surface area contributed by atoms with Crippen molar-refractivity contribution in [3.05, 3.63) is 77.9 Å². The van der Waals surface area contributed by atoms with Gasteiger partial charge in [-0.05, 0) is 30.3 Å². The number of aliphatic imine (C=N–C) groups is 1. The van der Waals surface area contributed by atoms with Crippen LogP contribution in [0.25, 0.3) is 17.1 Å². The van der Waals surface area contributed by atoms with Crippen molar-refractivity contribution in [1.29, 1.82) is 0 Å². The summed E-state index contributed by atoms with van der Waals surface area (Å²) in [6.45, 7) is 1.39. The van der Waals surface area contributed by atoms with Gasteiger partial charge in [0.2, 0.25) is 11.9 Å². The number of aromatic amines is 1. The predicted molar refractivity (Wildman–Crippen MR) is 131 cm³/mol. The number of guanidine groups is 1. The molecule has 4 N–H and O–H groups in total. The number of fused-ring (bicyclic) bond motifs is 1. The lowest BCUT2D eigenvalue weighted by Gasteiger charge is -2.23. The number of hydrogen-bond donors (Lipinski definition) is 4. The van der Waals surface area contributed by atoms with Crippen molar-refractivity contribution in [3.63, 3.8) is 0 Å². The maximum absolute atomic E-state index is 12.6. The summed E-state index contributed by atoms with van der Waals surface area (Å²) in [6.07, 6.45) is 9.72. The largest absolute Gasteiger partial charge is 0.381 e. The number of amides is 2. The van der Waals surface area contributed by atoms with Crippen LogP contribution in [0.3, 0.4) is 0 Å². The van der Waals surface area contributed by atoms with E-state index in [1.54, 1.807) is 18.5 Å². The molecule has 2 aliphatic heterocycles. The maximum atomic E-state index is 12.6. The number of pyridine rings is 1. The average Bonchev–Trinajstić information content (AvgIpc) is 3.41. The van der Waals surface area contributed by atoms with Gasteiger partial charge in [-0.25, -0.2) is 9.98 Å². The van der Waals surface area contributed by atoms with Crippen LogP contribution in [0.1, 0.15) is 17.5 Å². The van der Waals surface area contributed by atoms with Crippen molar-refractivity contribution in [2.24, 2.45) is 10.9 Å². The summed E-state index contributed by atoms with van der Waals surface area (Å²) in [5, 5.41) is 9.64. The highest BCUT2D eigenvalue weighted by Gasteiger charge is 2.21.